The molecule has 0 amide bonds. The number of guanidine groups is 1. The number of nitrogens with two attached hydrogens (primary N) is 1. The van der Waals surface area contributed by atoms with Crippen molar-refractivity contribution in [2.75, 3.05) is 11.9 Å². The van der Waals surface area contributed by atoms with Crippen molar-refractivity contribution in [1.29, 1.82) is 0 Å². The van der Waals surface area contributed by atoms with Gasteiger partial charge in [-0.25, -0.2) is 9.98 Å². The van der Waals surface area contributed by atoms with Crippen LogP contribution < -0.4 is 20.5 Å². The molecule has 0 aliphatic carbocycles. The van der Waals surface area contributed by atoms with Crippen LogP contribution in [0.25, 0.3) is 0 Å². The third-order valence-corrected chi connectivity index (χ3v) is 2.99. The lowest BCUT2D eigenvalue weighted by atomic mass is 10.2. The van der Waals surface area contributed by atoms with Gasteiger partial charge in [-0.05, 0) is 23.8 Å². The third-order valence-electron chi connectivity index (χ3n) is 2.99. The van der Waals surface area contributed by atoms with Crippen LogP contribution in [0.4, 0.5) is 32.0 Å². The average molecular weight is 408 g/mol. The average Bonchev–Trinajstić information content (AvgIpc) is 2.58. The maximum absolute atomic E-state index is 12.4. The summed E-state index contributed by atoms with van der Waals surface area (Å²) >= 11 is 0. The van der Waals surface area contributed by atoms with Crippen molar-refractivity contribution in [2.24, 2.45) is 10.7 Å². The van der Waals surface area contributed by atoms with Gasteiger partial charge in [0.25, 0.3) is 0 Å². The van der Waals surface area contributed by atoms with E-state index in [1.54, 1.807) is 0 Å². The predicted molar refractivity (Wildman–Crippen MR) is 87.9 cm³/mol. The fourth-order valence-electron chi connectivity index (χ4n) is 1.92. The Labute approximate surface area is 155 Å². The third kappa shape index (κ3) is 7.60. The number of halogens is 6. The van der Waals surface area contributed by atoms with Gasteiger partial charge in [-0.15, -0.1) is 13.2 Å². The van der Waals surface area contributed by atoms with E-state index in [1.165, 1.54) is 36.5 Å². The molecule has 152 valence electrons. The number of hydrogen-bond acceptors (Lipinski definition) is 4. The zero-order chi connectivity index (χ0) is 20.8. The van der Waals surface area contributed by atoms with Gasteiger partial charge < -0.3 is 20.5 Å². The van der Waals surface area contributed by atoms with Crippen molar-refractivity contribution in [3.63, 3.8) is 0 Å². The minimum absolute atomic E-state index is 0.0648. The van der Waals surface area contributed by atoms with Crippen LogP contribution >= 0.6 is 0 Å². The molecule has 1 heterocycles. The molecule has 0 aliphatic heterocycles. The van der Waals surface area contributed by atoms with E-state index in [1.807, 2.05) is 0 Å². The van der Waals surface area contributed by atoms with Gasteiger partial charge in [-0.3, -0.25) is 0 Å². The van der Waals surface area contributed by atoms with Crippen molar-refractivity contribution < 1.29 is 35.8 Å². The van der Waals surface area contributed by atoms with E-state index in [2.05, 4.69) is 24.8 Å². The number of alkyl halides is 6. The highest BCUT2D eigenvalue weighted by Gasteiger charge is 2.32. The molecule has 2 rings (SSSR count). The lowest BCUT2D eigenvalue weighted by molar-refractivity contribution is -0.274. The second kappa shape index (κ2) is 8.67. The van der Waals surface area contributed by atoms with Crippen LogP contribution in [0.1, 0.15) is 5.56 Å². The minimum atomic E-state index is -4.88. The molecule has 12 heteroatoms. The zero-order valence-electron chi connectivity index (χ0n) is 14.0. The number of nitrogens with one attached hydrogen (secondary N) is 1. The number of nitrogens with zero attached hydrogens (tertiary/aromatic N) is 2. The lowest BCUT2D eigenvalue weighted by Crippen LogP contribution is -2.24. The number of aromatic nitrogens is 1. The summed E-state index contributed by atoms with van der Waals surface area (Å²) < 4.78 is 82.1. The van der Waals surface area contributed by atoms with Gasteiger partial charge in [0.15, 0.2) is 18.3 Å². The minimum Gasteiger partial charge on any atom is -0.468 e. The molecule has 0 saturated carbocycles. The molecule has 0 atom stereocenters. The summed E-state index contributed by atoms with van der Waals surface area (Å²) in [6.45, 7) is -1.57. The molecular formula is C16H14F6N4O2. The van der Waals surface area contributed by atoms with Crippen molar-refractivity contribution in [3.8, 4) is 11.6 Å². The number of rotatable bonds is 6. The fraction of sp³-hybridized carbons (Fsp3) is 0.250. The first-order valence-electron chi connectivity index (χ1n) is 7.58. The molecule has 0 unspecified atom stereocenters. The molecule has 1 aromatic heterocycles. The first-order valence-corrected chi connectivity index (χ1v) is 7.58. The van der Waals surface area contributed by atoms with E-state index in [4.69, 9.17) is 5.73 Å². The Kier molecular flexibility index (Phi) is 6.54. The smallest absolute Gasteiger partial charge is 0.468 e. The number of ether oxygens (including phenoxy) is 2. The molecule has 3 N–H and O–H groups in total. The maximum Gasteiger partial charge on any atom is 0.573 e. The van der Waals surface area contributed by atoms with Crippen LogP contribution in [-0.2, 0) is 6.54 Å². The number of hydrogen-bond donors (Lipinski definition) is 2. The summed E-state index contributed by atoms with van der Waals surface area (Å²) in [6.07, 6.45) is -8.16. The van der Waals surface area contributed by atoms with Crippen LogP contribution in [0.5, 0.6) is 11.6 Å². The number of anilines is 1. The van der Waals surface area contributed by atoms with Gasteiger partial charge in [0, 0.05) is 12.3 Å². The van der Waals surface area contributed by atoms with E-state index in [-0.39, 0.29) is 24.1 Å². The SMILES string of the molecule is NC(=NCc1ccnc(OCC(F)(F)F)c1)Nc1ccccc1OC(F)(F)F. The topological polar surface area (TPSA) is 81.8 Å². The van der Waals surface area contributed by atoms with Crippen LogP contribution in [0.15, 0.2) is 47.6 Å². The normalized spacial score (nSPS) is 12.6. The molecule has 0 spiro atoms. The standard InChI is InChI=1S/C16H14F6N4O2/c17-15(18,19)9-27-13-7-10(5-6-24-13)8-25-14(23)26-11-3-1-2-4-12(11)28-16(20,21)22/h1-7H,8-9H2,(H3,23,25,26). The Balaban J connectivity index is 2.02. The number of pyridine rings is 1. The molecule has 2 aromatic rings. The Morgan fingerprint density at radius 1 is 1.11 bits per heavy atom. The molecule has 0 fully saturated rings. The van der Waals surface area contributed by atoms with Crippen LogP contribution in [0.2, 0.25) is 0 Å². The summed E-state index contributed by atoms with van der Waals surface area (Å²) in [5.41, 5.74) is 6.01. The molecular weight excluding hydrogens is 394 g/mol. The summed E-state index contributed by atoms with van der Waals surface area (Å²) in [6, 6.07) is 7.92. The molecule has 0 bridgehead atoms. The fourth-order valence-corrected chi connectivity index (χ4v) is 1.92. The highest BCUT2D eigenvalue weighted by molar-refractivity contribution is 5.93. The van der Waals surface area contributed by atoms with Gasteiger partial charge in [0.1, 0.15) is 0 Å². The molecule has 28 heavy (non-hydrogen) atoms. The van der Waals surface area contributed by atoms with E-state index >= 15 is 0 Å². The van der Waals surface area contributed by atoms with Gasteiger partial charge in [-0.2, -0.15) is 13.2 Å². The van der Waals surface area contributed by atoms with Crippen molar-refractivity contribution in [1.82, 2.24) is 4.98 Å². The van der Waals surface area contributed by atoms with Crippen molar-refractivity contribution in [3.05, 3.63) is 48.2 Å². The first-order chi connectivity index (χ1) is 13.0. The largest absolute Gasteiger partial charge is 0.573 e. The molecule has 0 saturated heterocycles. The first kappa shape index (κ1) is 21.1. The Morgan fingerprint density at radius 3 is 2.50 bits per heavy atom. The van der Waals surface area contributed by atoms with Gasteiger partial charge >= 0.3 is 12.5 Å². The maximum atomic E-state index is 12.4. The lowest BCUT2D eigenvalue weighted by Gasteiger charge is -2.14. The number of aliphatic imine (C=N–C) groups is 1. The summed E-state index contributed by atoms with van der Waals surface area (Å²) in [7, 11) is 0. The highest BCUT2D eigenvalue weighted by atomic mass is 19.4. The zero-order valence-corrected chi connectivity index (χ0v) is 14.0. The molecule has 0 radical (unpaired) electrons. The van der Waals surface area contributed by atoms with Crippen LogP contribution in [0, 0.1) is 0 Å². The quantitative estimate of drug-likeness (QED) is 0.431. The predicted octanol–water partition coefficient (Wildman–Crippen LogP) is 3.85. The second-order valence-corrected chi connectivity index (χ2v) is 5.28. The number of benzene rings is 1. The molecule has 1 aromatic carbocycles. The van der Waals surface area contributed by atoms with Crippen LogP contribution in [-0.4, -0.2) is 30.1 Å². The molecule has 0 aliphatic rings. The van der Waals surface area contributed by atoms with E-state index in [9.17, 15) is 26.3 Å². The second-order valence-electron chi connectivity index (χ2n) is 5.28. The van der Waals surface area contributed by atoms with Crippen molar-refractivity contribution >= 4 is 11.6 Å². The van der Waals surface area contributed by atoms with E-state index < -0.39 is 24.9 Å². The summed E-state index contributed by atoms with van der Waals surface area (Å²) in [5, 5.41) is 2.47. The number of para-hydroxylation sites is 2. The summed E-state index contributed by atoms with van der Waals surface area (Å²) in [4.78, 5) is 7.56. The van der Waals surface area contributed by atoms with E-state index in [0.29, 0.717) is 5.56 Å². The Hall–Kier alpha value is -3.18. The highest BCUT2D eigenvalue weighted by Crippen LogP contribution is 2.29. The van der Waals surface area contributed by atoms with Gasteiger partial charge in [0.05, 0.1) is 12.2 Å². The van der Waals surface area contributed by atoms with Gasteiger partial charge in [0.2, 0.25) is 5.88 Å². The van der Waals surface area contributed by atoms with Crippen LogP contribution in [0.3, 0.4) is 0 Å². The Morgan fingerprint density at radius 2 is 1.82 bits per heavy atom. The molecule has 6 nitrogen and oxygen atoms in total. The van der Waals surface area contributed by atoms with Gasteiger partial charge in [-0.1, -0.05) is 12.1 Å². The monoisotopic (exact) mass is 408 g/mol. The Bertz CT molecular complexity index is 823. The van der Waals surface area contributed by atoms with E-state index in [0.717, 1.165) is 6.07 Å². The summed E-state index contributed by atoms with van der Waals surface area (Å²) in [5.74, 6) is -0.979. The van der Waals surface area contributed by atoms with Crippen molar-refractivity contribution in [2.45, 2.75) is 19.1 Å².